The first kappa shape index (κ1) is 13.3. The van der Waals surface area contributed by atoms with Crippen molar-refractivity contribution in [2.24, 2.45) is 5.92 Å². The Bertz CT molecular complexity index is 443. The Morgan fingerprint density at radius 3 is 2.68 bits per heavy atom. The average molecular weight is 264 g/mol. The first-order valence-corrected chi connectivity index (χ1v) is 6.22. The van der Waals surface area contributed by atoms with Crippen LogP contribution in [0.1, 0.15) is 12.0 Å². The third-order valence-corrected chi connectivity index (χ3v) is 3.14. The molecule has 6 heteroatoms. The van der Waals surface area contributed by atoms with E-state index in [0.29, 0.717) is 19.5 Å². The molecule has 0 spiro atoms. The lowest BCUT2D eigenvalue weighted by atomic mass is 9.97. The van der Waals surface area contributed by atoms with Crippen LogP contribution in [0, 0.1) is 16.0 Å². The van der Waals surface area contributed by atoms with Crippen molar-refractivity contribution >= 4 is 6.09 Å². The molecule has 6 nitrogen and oxygen atoms in total. The quantitative estimate of drug-likeness (QED) is 0.601. The molecule has 0 atom stereocenters. The van der Waals surface area contributed by atoms with Crippen molar-refractivity contribution in [3.8, 4) is 0 Å². The molecule has 2 rings (SSSR count). The van der Waals surface area contributed by atoms with Crippen LogP contribution in [0.3, 0.4) is 0 Å². The second-order valence-corrected chi connectivity index (χ2v) is 4.66. The summed E-state index contributed by atoms with van der Waals surface area (Å²) >= 11 is 0. The Morgan fingerprint density at radius 1 is 1.37 bits per heavy atom. The Labute approximate surface area is 111 Å². The first-order valence-electron chi connectivity index (χ1n) is 6.22. The van der Waals surface area contributed by atoms with Gasteiger partial charge in [-0.2, -0.15) is 0 Å². The van der Waals surface area contributed by atoms with Gasteiger partial charge in [0.05, 0.1) is 0 Å². The summed E-state index contributed by atoms with van der Waals surface area (Å²) in [6.45, 7) is 1.34. The Hall–Kier alpha value is -2.11. The molecule has 0 N–H and O–H groups in total. The van der Waals surface area contributed by atoms with Gasteiger partial charge in [-0.1, -0.05) is 30.3 Å². The molecular formula is C13H16N2O4. The molecule has 0 bridgehead atoms. The molecule has 0 aromatic heterocycles. The number of amides is 1. The molecule has 1 heterocycles. The summed E-state index contributed by atoms with van der Waals surface area (Å²) in [5.74, 6) is 0.231. The topological polar surface area (TPSA) is 72.7 Å². The van der Waals surface area contributed by atoms with Gasteiger partial charge in [-0.05, 0) is 5.56 Å². The van der Waals surface area contributed by atoms with E-state index in [1.165, 1.54) is 0 Å². The SMILES string of the molecule is O=C(OCc1ccccc1)N1CC(CC[N+](=O)[O-])C1. The molecule has 1 saturated heterocycles. The molecule has 1 aliphatic heterocycles. The van der Waals surface area contributed by atoms with E-state index in [0.717, 1.165) is 5.56 Å². The highest BCUT2D eigenvalue weighted by atomic mass is 16.6. The van der Waals surface area contributed by atoms with Crippen LogP contribution in [0.25, 0.3) is 0 Å². The standard InChI is InChI=1S/C13H16N2O4/c16-13(19-10-11-4-2-1-3-5-11)14-8-12(9-14)6-7-15(17)18/h1-5,12H,6-10H2. The van der Waals surface area contributed by atoms with Gasteiger partial charge >= 0.3 is 6.09 Å². The molecule has 0 aliphatic carbocycles. The first-order chi connectivity index (χ1) is 9.15. The van der Waals surface area contributed by atoms with Crippen LogP contribution in [0.4, 0.5) is 4.79 Å². The van der Waals surface area contributed by atoms with E-state index in [1.54, 1.807) is 4.90 Å². The number of carbonyl (C=O) groups is 1. The van der Waals surface area contributed by atoms with Gasteiger partial charge in [0.2, 0.25) is 6.54 Å². The molecular weight excluding hydrogens is 248 g/mol. The fraction of sp³-hybridized carbons (Fsp3) is 0.462. The van der Waals surface area contributed by atoms with E-state index in [9.17, 15) is 14.9 Å². The molecule has 0 saturated carbocycles. The summed E-state index contributed by atoms with van der Waals surface area (Å²) in [5, 5.41) is 10.2. The van der Waals surface area contributed by atoms with Crippen molar-refractivity contribution in [2.75, 3.05) is 19.6 Å². The van der Waals surface area contributed by atoms with Crippen LogP contribution in [-0.2, 0) is 11.3 Å². The molecule has 1 fully saturated rings. The molecule has 1 aromatic carbocycles. The van der Waals surface area contributed by atoms with Crippen molar-refractivity contribution in [1.82, 2.24) is 4.90 Å². The minimum absolute atomic E-state index is 0.0302. The summed E-state index contributed by atoms with van der Waals surface area (Å²) in [6.07, 6.45) is 0.177. The van der Waals surface area contributed by atoms with Crippen molar-refractivity contribution < 1.29 is 14.5 Å². The number of ether oxygens (including phenoxy) is 1. The number of likely N-dealkylation sites (tertiary alicyclic amines) is 1. The number of carbonyl (C=O) groups excluding carboxylic acids is 1. The fourth-order valence-corrected chi connectivity index (χ4v) is 2.00. The molecule has 1 aromatic rings. The monoisotopic (exact) mass is 264 g/mol. The van der Waals surface area contributed by atoms with Gasteiger partial charge < -0.3 is 9.64 Å². The maximum atomic E-state index is 11.7. The number of hydrogen-bond acceptors (Lipinski definition) is 4. The highest BCUT2D eigenvalue weighted by molar-refractivity contribution is 5.68. The van der Waals surface area contributed by atoms with Crippen LogP contribution < -0.4 is 0 Å². The molecule has 1 amide bonds. The van der Waals surface area contributed by atoms with E-state index < -0.39 is 0 Å². The van der Waals surface area contributed by atoms with Crippen LogP contribution in [0.5, 0.6) is 0 Å². The maximum absolute atomic E-state index is 11.7. The normalized spacial score (nSPS) is 14.8. The highest BCUT2D eigenvalue weighted by Gasteiger charge is 2.32. The lowest BCUT2D eigenvalue weighted by Crippen LogP contribution is -2.50. The molecule has 19 heavy (non-hydrogen) atoms. The van der Waals surface area contributed by atoms with Gasteiger partial charge in [0.25, 0.3) is 0 Å². The molecule has 1 aliphatic rings. The minimum Gasteiger partial charge on any atom is -0.445 e. The minimum atomic E-state index is -0.346. The Balaban J connectivity index is 1.65. The zero-order chi connectivity index (χ0) is 13.7. The van der Waals surface area contributed by atoms with E-state index in [1.807, 2.05) is 30.3 Å². The second kappa shape index (κ2) is 6.17. The zero-order valence-electron chi connectivity index (χ0n) is 10.5. The summed E-state index contributed by atoms with van der Waals surface area (Å²) in [4.78, 5) is 23.1. The molecule has 0 radical (unpaired) electrons. The lowest BCUT2D eigenvalue weighted by molar-refractivity contribution is -0.482. The van der Waals surface area contributed by atoms with E-state index >= 15 is 0 Å². The number of hydrogen-bond donors (Lipinski definition) is 0. The smallest absolute Gasteiger partial charge is 0.410 e. The third-order valence-electron chi connectivity index (χ3n) is 3.14. The highest BCUT2D eigenvalue weighted by Crippen LogP contribution is 2.20. The van der Waals surface area contributed by atoms with Gasteiger partial charge in [0, 0.05) is 30.4 Å². The van der Waals surface area contributed by atoms with Crippen molar-refractivity contribution in [3.63, 3.8) is 0 Å². The summed E-state index contributed by atoms with van der Waals surface area (Å²) in [7, 11) is 0. The summed E-state index contributed by atoms with van der Waals surface area (Å²) in [5.41, 5.74) is 0.946. The van der Waals surface area contributed by atoms with E-state index in [-0.39, 0.29) is 30.1 Å². The van der Waals surface area contributed by atoms with Crippen LogP contribution in [0.2, 0.25) is 0 Å². The van der Waals surface area contributed by atoms with Crippen molar-refractivity contribution in [1.29, 1.82) is 0 Å². The van der Waals surface area contributed by atoms with Crippen molar-refractivity contribution in [3.05, 3.63) is 46.0 Å². The Kier molecular flexibility index (Phi) is 4.33. The van der Waals surface area contributed by atoms with Crippen LogP contribution in [-0.4, -0.2) is 35.6 Å². The second-order valence-electron chi connectivity index (χ2n) is 4.66. The van der Waals surface area contributed by atoms with Gasteiger partial charge in [0.1, 0.15) is 6.61 Å². The van der Waals surface area contributed by atoms with Gasteiger partial charge in [-0.15, -0.1) is 0 Å². The maximum Gasteiger partial charge on any atom is 0.410 e. The van der Waals surface area contributed by atoms with Crippen molar-refractivity contribution in [2.45, 2.75) is 13.0 Å². The van der Waals surface area contributed by atoms with Crippen LogP contribution in [0.15, 0.2) is 30.3 Å². The predicted molar refractivity (Wildman–Crippen MR) is 68.2 cm³/mol. The van der Waals surface area contributed by atoms with Gasteiger partial charge in [-0.3, -0.25) is 10.1 Å². The largest absolute Gasteiger partial charge is 0.445 e. The van der Waals surface area contributed by atoms with Crippen LogP contribution >= 0.6 is 0 Å². The number of nitro groups is 1. The summed E-state index contributed by atoms with van der Waals surface area (Å²) in [6, 6.07) is 9.47. The van der Waals surface area contributed by atoms with E-state index in [2.05, 4.69) is 0 Å². The molecule has 102 valence electrons. The number of benzene rings is 1. The average Bonchev–Trinajstić information content (AvgIpc) is 2.35. The fourth-order valence-electron chi connectivity index (χ4n) is 2.00. The van der Waals surface area contributed by atoms with Gasteiger partial charge in [-0.25, -0.2) is 4.79 Å². The zero-order valence-corrected chi connectivity index (χ0v) is 10.5. The number of rotatable bonds is 5. The summed E-state index contributed by atoms with van der Waals surface area (Å²) < 4.78 is 5.16. The Morgan fingerprint density at radius 2 is 2.05 bits per heavy atom. The number of nitrogens with zero attached hydrogens (tertiary/aromatic N) is 2. The third kappa shape index (κ3) is 3.94. The van der Waals surface area contributed by atoms with E-state index in [4.69, 9.17) is 4.74 Å². The van der Waals surface area contributed by atoms with Gasteiger partial charge in [0.15, 0.2) is 0 Å². The predicted octanol–water partition coefficient (Wildman–Crippen LogP) is 1.92. The lowest BCUT2D eigenvalue weighted by Gasteiger charge is -2.37. The molecule has 0 unspecified atom stereocenters.